The van der Waals surface area contributed by atoms with Gasteiger partial charge in [-0.05, 0) is 12.8 Å². The van der Waals surface area contributed by atoms with Crippen LogP contribution in [0.4, 0.5) is 0 Å². The maximum absolute atomic E-state index is 9.00. The Morgan fingerprint density at radius 2 is 1.50 bits per heavy atom. The standard InChI is InChI=1S/C6H15NO.C2H4O2/c1-3-5-7(8)6-4-2;1-2(3)4/h8H,3-6H2,1-2H3;1H3,(H,3,4). The number of aliphatic carboxylic acids is 1. The second-order valence-corrected chi connectivity index (χ2v) is 2.47. The first-order chi connectivity index (χ1) is 5.54. The predicted molar refractivity (Wildman–Crippen MR) is 47.3 cm³/mol. The molecule has 0 fully saturated rings. The molecule has 2 N–H and O–H groups in total. The fourth-order valence-corrected chi connectivity index (χ4v) is 0.628. The summed E-state index contributed by atoms with van der Waals surface area (Å²) in [5.74, 6) is -0.833. The van der Waals surface area contributed by atoms with Crippen molar-refractivity contribution in [2.24, 2.45) is 0 Å². The summed E-state index contributed by atoms with van der Waals surface area (Å²) < 4.78 is 0. The van der Waals surface area contributed by atoms with Gasteiger partial charge in [0.15, 0.2) is 0 Å². The van der Waals surface area contributed by atoms with Gasteiger partial charge in [0.25, 0.3) is 5.97 Å². The van der Waals surface area contributed by atoms with E-state index < -0.39 is 5.97 Å². The van der Waals surface area contributed by atoms with Gasteiger partial charge in [0.2, 0.25) is 0 Å². The molecule has 0 amide bonds. The molecule has 0 spiro atoms. The average molecular weight is 177 g/mol. The smallest absolute Gasteiger partial charge is 0.300 e. The van der Waals surface area contributed by atoms with Gasteiger partial charge in [-0.2, -0.15) is 5.06 Å². The van der Waals surface area contributed by atoms with Gasteiger partial charge in [0.05, 0.1) is 0 Å². The second-order valence-electron chi connectivity index (χ2n) is 2.47. The van der Waals surface area contributed by atoms with Crippen LogP contribution in [0.1, 0.15) is 33.6 Å². The number of hydroxylamine groups is 2. The van der Waals surface area contributed by atoms with Gasteiger partial charge in [0, 0.05) is 20.0 Å². The molecule has 74 valence electrons. The van der Waals surface area contributed by atoms with Crippen LogP contribution in [-0.4, -0.2) is 34.4 Å². The second kappa shape index (κ2) is 10.4. The molecule has 0 aliphatic heterocycles. The number of nitrogens with zero attached hydrogens (tertiary/aromatic N) is 1. The van der Waals surface area contributed by atoms with Gasteiger partial charge < -0.3 is 10.3 Å². The molecule has 0 rings (SSSR count). The summed E-state index contributed by atoms with van der Waals surface area (Å²) in [6.45, 7) is 6.79. The van der Waals surface area contributed by atoms with E-state index >= 15 is 0 Å². The lowest BCUT2D eigenvalue weighted by Crippen LogP contribution is -2.20. The molecule has 0 aromatic carbocycles. The third-order valence-electron chi connectivity index (χ3n) is 0.963. The minimum Gasteiger partial charge on any atom is -0.481 e. The molecular formula is C8H19NO3. The van der Waals surface area contributed by atoms with Crippen molar-refractivity contribution in [2.45, 2.75) is 33.6 Å². The summed E-state index contributed by atoms with van der Waals surface area (Å²) in [6.07, 6.45) is 2.05. The molecule has 0 saturated carbocycles. The van der Waals surface area contributed by atoms with Crippen LogP contribution in [0, 0.1) is 0 Å². The molecule has 0 aromatic rings. The molecule has 0 aromatic heterocycles. The average Bonchev–Trinajstić information content (AvgIpc) is 1.87. The summed E-state index contributed by atoms with van der Waals surface area (Å²) >= 11 is 0. The maximum Gasteiger partial charge on any atom is 0.300 e. The Bertz CT molecular complexity index is 96.5. The zero-order valence-corrected chi connectivity index (χ0v) is 8.08. The lowest BCUT2D eigenvalue weighted by Gasteiger charge is -2.10. The molecule has 0 radical (unpaired) electrons. The SMILES string of the molecule is CC(=O)O.CCCN(O)CCC. The Morgan fingerprint density at radius 3 is 1.67 bits per heavy atom. The lowest BCUT2D eigenvalue weighted by atomic mass is 10.4. The van der Waals surface area contributed by atoms with Crippen molar-refractivity contribution in [3.05, 3.63) is 0 Å². The first-order valence-electron chi connectivity index (χ1n) is 4.17. The van der Waals surface area contributed by atoms with Crippen molar-refractivity contribution in [3.8, 4) is 0 Å². The number of hydrogen-bond acceptors (Lipinski definition) is 3. The van der Waals surface area contributed by atoms with Crippen LogP contribution in [0.3, 0.4) is 0 Å². The van der Waals surface area contributed by atoms with E-state index in [9.17, 15) is 0 Å². The molecule has 0 aliphatic carbocycles. The van der Waals surface area contributed by atoms with Gasteiger partial charge in [-0.25, -0.2) is 0 Å². The van der Waals surface area contributed by atoms with Crippen molar-refractivity contribution in [3.63, 3.8) is 0 Å². The first-order valence-corrected chi connectivity index (χ1v) is 4.17. The number of carbonyl (C=O) groups is 1. The monoisotopic (exact) mass is 177 g/mol. The summed E-state index contributed by atoms with van der Waals surface area (Å²) in [5, 5.41) is 17.7. The van der Waals surface area contributed by atoms with Gasteiger partial charge in [-0.15, -0.1) is 0 Å². The fraction of sp³-hybridized carbons (Fsp3) is 0.875. The van der Waals surface area contributed by atoms with Crippen LogP contribution < -0.4 is 0 Å². The van der Waals surface area contributed by atoms with Gasteiger partial charge >= 0.3 is 0 Å². The third-order valence-corrected chi connectivity index (χ3v) is 0.963. The molecule has 0 heterocycles. The number of carboxylic acids is 1. The van der Waals surface area contributed by atoms with E-state index in [-0.39, 0.29) is 0 Å². The number of hydrogen-bond donors (Lipinski definition) is 2. The van der Waals surface area contributed by atoms with Crippen LogP contribution in [0.2, 0.25) is 0 Å². The lowest BCUT2D eigenvalue weighted by molar-refractivity contribution is -0.134. The minimum absolute atomic E-state index is 0.799. The normalized spacial score (nSPS) is 9.08. The van der Waals surface area contributed by atoms with E-state index in [0.717, 1.165) is 32.9 Å². The largest absolute Gasteiger partial charge is 0.481 e. The first kappa shape index (κ1) is 13.9. The summed E-state index contributed by atoms with van der Waals surface area (Å²) in [7, 11) is 0. The molecule has 12 heavy (non-hydrogen) atoms. The Morgan fingerprint density at radius 1 is 1.25 bits per heavy atom. The van der Waals surface area contributed by atoms with E-state index in [0.29, 0.717) is 0 Å². The van der Waals surface area contributed by atoms with Gasteiger partial charge in [0.1, 0.15) is 0 Å². The van der Waals surface area contributed by atoms with Gasteiger partial charge in [-0.3, -0.25) is 4.79 Å². The topological polar surface area (TPSA) is 60.8 Å². The number of rotatable bonds is 4. The molecular weight excluding hydrogens is 158 g/mol. The van der Waals surface area contributed by atoms with Gasteiger partial charge in [-0.1, -0.05) is 13.8 Å². The summed E-state index contributed by atoms with van der Waals surface area (Å²) in [5.41, 5.74) is 0. The van der Waals surface area contributed by atoms with E-state index in [1.165, 1.54) is 5.06 Å². The summed E-state index contributed by atoms with van der Waals surface area (Å²) in [4.78, 5) is 9.00. The van der Waals surface area contributed by atoms with E-state index in [2.05, 4.69) is 13.8 Å². The van der Waals surface area contributed by atoms with Crippen molar-refractivity contribution in [2.75, 3.05) is 13.1 Å². The molecule has 4 nitrogen and oxygen atoms in total. The van der Waals surface area contributed by atoms with Crippen LogP contribution in [0.5, 0.6) is 0 Å². The Hall–Kier alpha value is -0.610. The van der Waals surface area contributed by atoms with E-state index in [1.807, 2.05) is 0 Å². The molecule has 0 bridgehead atoms. The van der Waals surface area contributed by atoms with E-state index in [4.69, 9.17) is 15.1 Å². The number of carboxylic acid groups (broad SMARTS) is 1. The van der Waals surface area contributed by atoms with Crippen LogP contribution >= 0.6 is 0 Å². The maximum atomic E-state index is 9.00. The van der Waals surface area contributed by atoms with Crippen LogP contribution in [-0.2, 0) is 4.79 Å². The van der Waals surface area contributed by atoms with Crippen molar-refractivity contribution in [1.82, 2.24) is 5.06 Å². The highest BCUT2D eigenvalue weighted by atomic mass is 16.5. The van der Waals surface area contributed by atoms with Crippen molar-refractivity contribution < 1.29 is 15.1 Å². The van der Waals surface area contributed by atoms with Crippen LogP contribution in [0.15, 0.2) is 0 Å². The van der Waals surface area contributed by atoms with E-state index in [1.54, 1.807) is 0 Å². The highest BCUT2D eigenvalue weighted by Gasteiger charge is 1.92. The third kappa shape index (κ3) is 22.8. The highest BCUT2D eigenvalue weighted by Crippen LogP contribution is 1.86. The molecule has 0 aliphatic rings. The zero-order valence-electron chi connectivity index (χ0n) is 8.08. The molecule has 0 unspecified atom stereocenters. The Kier molecular flexibility index (Phi) is 12.1. The quantitative estimate of drug-likeness (QED) is 0.640. The Labute approximate surface area is 73.8 Å². The van der Waals surface area contributed by atoms with Crippen molar-refractivity contribution >= 4 is 5.97 Å². The summed E-state index contributed by atoms with van der Waals surface area (Å²) in [6, 6.07) is 0. The highest BCUT2D eigenvalue weighted by molar-refractivity contribution is 5.62. The van der Waals surface area contributed by atoms with Crippen molar-refractivity contribution in [1.29, 1.82) is 0 Å². The predicted octanol–water partition coefficient (Wildman–Crippen LogP) is 1.59. The molecule has 0 saturated heterocycles. The van der Waals surface area contributed by atoms with Crippen LogP contribution in [0.25, 0.3) is 0 Å². The molecule has 0 atom stereocenters. The fourth-order valence-electron chi connectivity index (χ4n) is 0.628. The minimum atomic E-state index is -0.833. The molecule has 4 heteroatoms. The zero-order chi connectivity index (χ0) is 9.98. The Balaban J connectivity index is 0.